The van der Waals surface area contributed by atoms with E-state index in [4.69, 9.17) is 5.73 Å². The molecule has 0 radical (unpaired) electrons. The summed E-state index contributed by atoms with van der Waals surface area (Å²) in [7, 11) is 0. The number of nitrogens with zero attached hydrogens (tertiary/aromatic N) is 1. The van der Waals surface area contributed by atoms with Crippen molar-refractivity contribution in [3.63, 3.8) is 0 Å². The van der Waals surface area contributed by atoms with E-state index in [9.17, 15) is 0 Å². The van der Waals surface area contributed by atoms with E-state index in [0.29, 0.717) is 0 Å². The molecule has 1 unspecified atom stereocenters. The van der Waals surface area contributed by atoms with E-state index in [1.165, 1.54) is 38.4 Å². The predicted octanol–water partition coefficient (Wildman–Crippen LogP) is 5.83. The van der Waals surface area contributed by atoms with E-state index in [2.05, 4.69) is 76.0 Å². The molecule has 27 heavy (non-hydrogen) atoms. The Morgan fingerprint density at radius 2 is 1.48 bits per heavy atom. The maximum atomic E-state index is 6.98. The number of hydrogen-bond acceptors (Lipinski definition) is 4. The van der Waals surface area contributed by atoms with Gasteiger partial charge in [0.2, 0.25) is 0 Å². The Morgan fingerprint density at radius 1 is 0.926 bits per heavy atom. The standard InChI is InChI=1S/C23H33N3S/c1-7-9-26(10-8-2)20-14-16(4)13-19-22(20)27-23(24,25-19)21-17(5)11-15(3)12-18(21)6/h11-14,25H,7-10,24H2,1-6H3. The molecule has 1 aliphatic heterocycles. The fraction of sp³-hybridized carbons (Fsp3) is 0.478. The summed E-state index contributed by atoms with van der Waals surface area (Å²) < 4.78 is 0. The second-order valence-corrected chi connectivity index (χ2v) is 9.14. The first-order chi connectivity index (χ1) is 12.8. The topological polar surface area (TPSA) is 41.3 Å². The van der Waals surface area contributed by atoms with E-state index < -0.39 is 4.99 Å². The minimum absolute atomic E-state index is 0.628. The summed E-state index contributed by atoms with van der Waals surface area (Å²) in [5, 5.41) is 3.66. The molecule has 0 spiro atoms. The van der Waals surface area contributed by atoms with Gasteiger partial charge in [-0.1, -0.05) is 43.3 Å². The molecule has 0 amide bonds. The van der Waals surface area contributed by atoms with Gasteiger partial charge in [-0.15, -0.1) is 0 Å². The number of nitrogens with one attached hydrogen (secondary N) is 1. The molecule has 1 aliphatic rings. The van der Waals surface area contributed by atoms with Gasteiger partial charge in [-0.3, -0.25) is 5.73 Å². The molecule has 0 aliphatic carbocycles. The number of anilines is 2. The molecular weight excluding hydrogens is 350 g/mol. The number of benzene rings is 2. The summed E-state index contributed by atoms with van der Waals surface area (Å²) in [6.07, 6.45) is 2.29. The lowest BCUT2D eigenvalue weighted by molar-refractivity contribution is 0.739. The Hall–Kier alpha value is -1.65. The highest BCUT2D eigenvalue weighted by molar-refractivity contribution is 8.01. The molecule has 4 heteroatoms. The minimum Gasteiger partial charge on any atom is -0.371 e. The summed E-state index contributed by atoms with van der Waals surface area (Å²) in [6, 6.07) is 9.01. The molecule has 0 saturated carbocycles. The van der Waals surface area contributed by atoms with Gasteiger partial charge in [0.25, 0.3) is 0 Å². The number of fused-ring (bicyclic) bond motifs is 1. The number of hydrogen-bond donors (Lipinski definition) is 2. The highest BCUT2D eigenvalue weighted by Crippen LogP contribution is 2.53. The molecule has 1 heterocycles. The molecule has 2 aromatic carbocycles. The summed E-state index contributed by atoms with van der Waals surface area (Å²) in [4.78, 5) is 3.17. The van der Waals surface area contributed by atoms with Crippen LogP contribution in [0.25, 0.3) is 0 Å². The van der Waals surface area contributed by atoms with E-state index in [-0.39, 0.29) is 0 Å². The number of rotatable bonds is 6. The second-order valence-electron chi connectivity index (χ2n) is 7.88. The fourth-order valence-corrected chi connectivity index (χ4v) is 5.77. The molecule has 3 nitrogen and oxygen atoms in total. The van der Waals surface area contributed by atoms with Crippen LogP contribution in [0.2, 0.25) is 0 Å². The van der Waals surface area contributed by atoms with Gasteiger partial charge in [0.1, 0.15) is 0 Å². The highest BCUT2D eigenvalue weighted by Gasteiger charge is 2.40. The van der Waals surface area contributed by atoms with Crippen LogP contribution in [0.15, 0.2) is 29.2 Å². The van der Waals surface area contributed by atoms with Crippen LogP contribution in [0.3, 0.4) is 0 Å². The van der Waals surface area contributed by atoms with Gasteiger partial charge in [0, 0.05) is 18.7 Å². The third-order valence-electron chi connectivity index (χ3n) is 5.17. The Morgan fingerprint density at radius 3 is 2.04 bits per heavy atom. The molecule has 1 atom stereocenters. The largest absolute Gasteiger partial charge is 0.371 e. The van der Waals surface area contributed by atoms with Crippen molar-refractivity contribution in [2.45, 2.75) is 64.3 Å². The lowest BCUT2D eigenvalue weighted by Crippen LogP contribution is -2.39. The molecule has 0 aromatic heterocycles. The fourth-order valence-electron chi connectivity index (χ4n) is 4.35. The minimum atomic E-state index is -0.628. The average molecular weight is 384 g/mol. The third-order valence-corrected chi connectivity index (χ3v) is 6.43. The van der Waals surface area contributed by atoms with Crippen LogP contribution in [-0.4, -0.2) is 13.1 Å². The van der Waals surface area contributed by atoms with Crippen LogP contribution >= 0.6 is 11.8 Å². The molecule has 0 bridgehead atoms. The van der Waals surface area contributed by atoms with Crippen molar-refractivity contribution in [2.24, 2.45) is 5.73 Å². The van der Waals surface area contributed by atoms with Crippen molar-refractivity contribution in [3.05, 3.63) is 52.1 Å². The average Bonchev–Trinajstić information content (AvgIpc) is 2.89. The Labute approximate surface area is 168 Å². The molecule has 146 valence electrons. The zero-order valence-corrected chi connectivity index (χ0v) is 18.4. The first-order valence-electron chi connectivity index (χ1n) is 10.0. The van der Waals surface area contributed by atoms with Crippen LogP contribution in [0.1, 0.15) is 54.5 Å². The third kappa shape index (κ3) is 3.83. The molecule has 0 fully saturated rings. The highest BCUT2D eigenvalue weighted by atomic mass is 32.2. The van der Waals surface area contributed by atoms with Crippen LogP contribution in [-0.2, 0) is 4.99 Å². The molecule has 0 saturated heterocycles. The van der Waals surface area contributed by atoms with Gasteiger partial charge in [0.05, 0.1) is 16.3 Å². The molecule has 3 rings (SSSR count). The van der Waals surface area contributed by atoms with Crippen molar-refractivity contribution in [2.75, 3.05) is 23.3 Å². The molecule has 3 N–H and O–H groups in total. The van der Waals surface area contributed by atoms with Crippen LogP contribution < -0.4 is 16.0 Å². The molecular formula is C23H33N3S. The maximum absolute atomic E-state index is 6.98. The van der Waals surface area contributed by atoms with Crippen molar-refractivity contribution < 1.29 is 0 Å². The number of nitrogens with two attached hydrogens (primary N) is 1. The summed E-state index contributed by atoms with van der Waals surface area (Å²) in [5.74, 6) is 0. The van der Waals surface area contributed by atoms with Crippen molar-refractivity contribution in [1.82, 2.24) is 0 Å². The lowest BCUT2D eigenvalue weighted by Gasteiger charge is -2.29. The first-order valence-corrected chi connectivity index (χ1v) is 10.8. The van der Waals surface area contributed by atoms with E-state index in [0.717, 1.165) is 31.6 Å². The van der Waals surface area contributed by atoms with Gasteiger partial charge in [-0.05, 0) is 69.4 Å². The zero-order chi connectivity index (χ0) is 19.8. The van der Waals surface area contributed by atoms with Crippen molar-refractivity contribution in [1.29, 1.82) is 0 Å². The quantitative estimate of drug-likeness (QED) is 0.658. The van der Waals surface area contributed by atoms with Gasteiger partial charge in [0.15, 0.2) is 4.99 Å². The summed E-state index contributed by atoms with van der Waals surface area (Å²) in [6.45, 7) is 15.3. The SMILES string of the molecule is CCCN(CCC)c1cc(C)cc2c1SC(N)(c1c(C)cc(C)cc1C)N2. The number of thioether (sulfide) groups is 1. The number of aryl methyl sites for hydroxylation is 4. The van der Waals surface area contributed by atoms with Gasteiger partial charge < -0.3 is 10.2 Å². The van der Waals surface area contributed by atoms with Crippen molar-refractivity contribution in [3.8, 4) is 0 Å². The van der Waals surface area contributed by atoms with Crippen LogP contribution in [0, 0.1) is 27.7 Å². The Bertz CT molecular complexity index is 817. The summed E-state index contributed by atoms with van der Waals surface area (Å²) in [5.41, 5.74) is 15.7. The lowest BCUT2D eigenvalue weighted by atomic mass is 9.97. The van der Waals surface area contributed by atoms with E-state index in [1.54, 1.807) is 11.8 Å². The molecule has 2 aromatic rings. The second kappa shape index (κ2) is 7.76. The maximum Gasteiger partial charge on any atom is 0.166 e. The van der Waals surface area contributed by atoms with Crippen LogP contribution in [0.5, 0.6) is 0 Å². The Kier molecular flexibility index (Phi) is 5.78. The van der Waals surface area contributed by atoms with E-state index in [1.807, 2.05) is 0 Å². The zero-order valence-electron chi connectivity index (χ0n) is 17.6. The first kappa shape index (κ1) is 20.1. The van der Waals surface area contributed by atoms with Gasteiger partial charge >= 0.3 is 0 Å². The predicted molar refractivity (Wildman–Crippen MR) is 120 cm³/mol. The van der Waals surface area contributed by atoms with Crippen molar-refractivity contribution >= 4 is 23.1 Å². The summed E-state index contributed by atoms with van der Waals surface area (Å²) >= 11 is 1.77. The normalized spacial score (nSPS) is 18.3. The monoisotopic (exact) mass is 383 g/mol. The van der Waals surface area contributed by atoms with Gasteiger partial charge in [-0.25, -0.2) is 0 Å². The smallest absolute Gasteiger partial charge is 0.166 e. The van der Waals surface area contributed by atoms with Gasteiger partial charge in [-0.2, -0.15) is 0 Å². The van der Waals surface area contributed by atoms with Crippen LogP contribution in [0.4, 0.5) is 11.4 Å². The Balaban J connectivity index is 2.07. The van der Waals surface area contributed by atoms with E-state index >= 15 is 0 Å².